The normalized spacial score (nSPS) is 17.4. The van der Waals surface area contributed by atoms with Gasteiger partial charge in [0.25, 0.3) is 0 Å². The molecular weight excluding hydrogens is 412 g/mol. The van der Waals surface area contributed by atoms with Crippen molar-refractivity contribution in [3.63, 3.8) is 0 Å². The first kappa shape index (κ1) is 20.4. The van der Waals surface area contributed by atoms with Crippen LogP contribution in [0.2, 0.25) is 0 Å². The monoisotopic (exact) mass is 436 g/mol. The Morgan fingerprint density at radius 3 is 2.03 bits per heavy atom. The van der Waals surface area contributed by atoms with E-state index in [9.17, 15) is 0 Å². The largest absolute Gasteiger partial charge is 0.457 e. The number of thioether (sulfide) groups is 1. The van der Waals surface area contributed by atoms with E-state index in [1.54, 1.807) is 11.8 Å². The van der Waals surface area contributed by atoms with Gasteiger partial charge in [-0.05, 0) is 41.0 Å². The van der Waals surface area contributed by atoms with Gasteiger partial charge >= 0.3 is 0 Å². The van der Waals surface area contributed by atoms with E-state index in [1.165, 1.54) is 16.7 Å². The Labute approximate surface area is 193 Å². The third-order valence-corrected chi connectivity index (χ3v) is 6.38. The Hall–Kier alpha value is -3.50. The number of hydrogen-bond acceptors (Lipinski definition) is 4. The number of para-hydroxylation sites is 1. The minimum atomic E-state index is 0.0637. The fourth-order valence-electron chi connectivity index (χ4n) is 3.85. The number of amidine groups is 1. The van der Waals surface area contributed by atoms with E-state index >= 15 is 0 Å². The van der Waals surface area contributed by atoms with Crippen molar-refractivity contribution in [2.75, 3.05) is 0 Å². The van der Waals surface area contributed by atoms with Gasteiger partial charge in [-0.1, -0.05) is 103 Å². The molecule has 0 bridgehead atoms. The second-order valence-corrected chi connectivity index (χ2v) is 8.64. The average molecular weight is 437 g/mol. The molecule has 0 amide bonds. The first-order valence-electron chi connectivity index (χ1n) is 10.7. The standard InChI is InChI=1S/C28H24N2OS/c1-4-12-22(13-5-1)26-27(23-14-6-2-7-15-23)30-28(29-26)32-20-21-11-10-18-25(19-21)31-24-16-8-3-9-17-24/h1-19,26-27H,20H2,(H,29,30). The highest BCUT2D eigenvalue weighted by Crippen LogP contribution is 2.38. The number of aliphatic imine (C=N–C) groups is 1. The number of benzene rings is 4. The van der Waals surface area contributed by atoms with Gasteiger partial charge in [-0.3, -0.25) is 4.99 Å². The topological polar surface area (TPSA) is 33.6 Å². The Bertz CT molecular complexity index is 1180. The molecular formula is C28H24N2OS. The highest BCUT2D eigenvalue weighted by Gasteiger charge is 2.31. The van der Waals surface area contributed by atoms with Crippen LogP contribution in [0.4, 0.5) is 0 Å². The van der Waals surface area contributed by atoms with Crippen LogP contribution in [0.1, 0.15) is 28.8 Å². The van der Waals surface area contributed by atoms with Crippen LogP contribution in [0.5, 0.6) is 11.5 Å². The summed E-state index contributed by atoms with van der Waals surface area (Å²) in [4.78, 5) is 5.06. The molecule has 158 valence electrons. The maximum atomic E-state index is 5.99. The summed E-state index contributed by atoms with van der Waals surface area (Å²) in [5.74, 6) is 2.51. The highest BCUT2D eigenvalue weighted by molar-refractivity contribution is 8.13. The van der Waals surface area contributed by atoms with Crippen molar-refractivity contribution in [1.29, 1.82) is 0 Å². The van der Waals surface area contributed by atoms with E-state index in [0.717, 1.165) is 22.4 Å². The molecule has 4 aromatic carbocycles. The summed E-state index contributed by atoms with van der Waals surface area (Å²) >= 11 is 1.73. The van der Waals surface area contributed by atoms with Crippen molar-refractivity contribution < 1.29 is 4.74 Å². The zero-order valence-electron chi connectivity index (χ0n) is 17.6. The molecule has 2 atom stereocenters. The highest BCUT2D eigenvalue weighted by atomic mass is 32.2. The molecule has 0 aromatic heterocycles. The molecule has 1 aliphatic rings. The summed E-state index contributed by atoms with van der Waals surface area (Å²) in [6.45, 7) is 0. The zero-order valence-corrected chi connectivity index (χ0v) is 18.4. The third kappa shape index (κ3) is 4.87. The first-order valence-corrected chi connectivity index (χ1v) is 11.7. The lowest BCUT2D eigenvalue weighted by molar-refractivity contribution is 0.482. The smallest absolute Gasteiger partial charge is 0.158 e. The third-order valence-electron chi connectivity index (χ3n) is 5.40. The SMILES string of the molecule is c1ccc(Oc2cccc(CSC3=NC(c4ccccc4)C(c4ccccc4)N3)c2)cc1. The van der Waals surface area contributed by atoms with Crippen LogP contribution in [0, 0.1) is 0 Å². The van der Waals surface area contributed by atoms with Gasteiger partial charge in [0.1, 0.15) is 17.5 Å². The molecule has 4 aromatic rings. The molecule has 4 heteroatoms. The molecule has 3 nitrogen and oxygen atoms in total. The fourth-order valence-corrected chi connectivity index (χ4v) is 4.73. The van der Waals surface area contributed by atoms with Crippen LogP contribution < -0.4 is 10.1 Å². The summed E-state index contributed by atoms with van der Waals surface area (Å²) in [6.07, 6.45) is 0. The van der Waals surface area contributed by atoms with Gasteiger partial charge in [0.2, 0.25) is 0 Å². The summed E-state index contributed by atoms with van der Waals surface area (Å²) in [6, 6.07) is 39.4. The van der Waals surface area contributed by atoms with E-state index in [-0.39, 0.29) is 12.1 Å². The van der Waals surface area contributed by atoms with E-state index in [4.69, 9.17) is 9.73 Å². The van der Waals surface area contributed by atoms with Crippen LogP contribution in [0.25, 0.3) is 0 Å². The van der Waals surface area contributed by atoms with Crippen LogP contribution in [-0.4, -0.2) is 5.17 Å². The molecule has 0 radical (unpaired) electrons. The van der Waals surface area contributed by atoms with Gasteiger partial charge < -0.3 is 10.1 Å². The number of ether oxygens (including phenoxy) is 1. The molecule has 0 spiro atoms. The second-order valence-electron chi connectivity index (χ2n) is 7.67. The molecule has 32 heavy (non-hydrogen) atoms. The molecule has 1 N–H and O–H groups in total. The molecule has 0 aliphatic carbocycles. The Balaban J connectivity index is 1.30. The van der Waals surface area contributed by atoms with Gasteiger partial charge in [-0.15, -0.1) is 0 Å². The minimum absolute atomic E-state index is 0.0637. The van der Waals surface area contributed by atoms with Crippen LogP contribution >= 0.6 is 11.8 Å². The van der Waals surface area contributed by atoms with Crippen molar-refractivity contribution in [1.82, 2.24) is 5.32 Å². The zero-order chi connectivity index (χ0) is 21.6. The number of nitrogens with zero attached hydrogens (tertiary/aromatic N) is 1. The van der Waals surface area contributed by atoms with Crippen molar-refractivity contribution in [2.45, 2.75) is 17.8 Å². The molecule has 1 heterocycles. The Kier molecular flexibility index (Phi) is 6.22. The second kappa shape index (κ2) is 9.75. The van der Waals surface area contributed by atoms with E-state index in [1.807, 2.05) is 48.5 Å². The van der Waals surface area contributed by atoms with Gasteiger partial charge in [0.05, 0.1) is 6.04 Å². The van der Waals surface area contributed by atoms with Crippen molar-refractivity contribution in [2.24, 2.45) is 4.99 Å². The number of nitrogens with one attached hydrogen (secondary N) is 1. The predicted octanol–water partition coefficient (Wildman–Crippen LogP) is 7.15. The van der Waals surface area contributed by atoms with Gasteiger partial charge in [-0.2, -0.15) is 0 Å². The predicted molar refractivity (Wildman–Crippen MR) is 133 cm³/mol. The van der Waals surface area contributed by atoms with Crippen molar-refractivity contribution in [3.05, 3.63) is 132 Å². The van der Waals surface area contributed by atoms with E-state index in [2.05, 4.69) is 72.0 Å². The summed E-state index contributed by atoms with van der Waals surface area (Å²) in [7, 11) is 0. The summed E-state index contributed by atoms with van der Waals surface area (Å²) in [5.41, 5.74) is 3.68. The van der Waals surface area contributed by atoms with Crippen LogP contribution in [0.3, 0.4) is 0 Å². The fraction of sp³-hybridized carbons (Fsp3) is 0.107. The molecule has 5 rings (SSSR count). The van der Waals surface area contributed by atoms with E-state index in [0.29, 0.717) is 0 Å². The van der Waals surface area contributed by atoms with Gasteiger partial charge in [0, 0.05) is 5.75 Å². The first-order chi connectivity index (χ1) is 15.8. The van der Waals surface area contributed by atoms with Crippen molar-refractivity contribution >= 4 is 16.9 Å². The van der Waals surface area contributed by atoms with Gasteiger partial charge in [-0.25, -0.2) is 0 Å². The lowest BCUT2D eigenvalue weighted by Gasteiger charge is -2.19. The molecule has 0 saturated heterocycles. The van der Waals surface area contributed by atoms with Crippen LogP contribution in [-0.2, 0) is 5.75 Å². The summed E-state index contributed by atoms with van der Waals surface area (Å²) in [5, 5.41) is 4.64. The molecule has 0 saturated carbocycles. The molecule has 0 fully saturated rings. The number of rotatable bonds is 6. The lowest BCUT2D eigenvalue weighted by Crippen LogP contribution is -2.22. The van der Waals surface area contributed by atoms with Crippen LogP contribution in [0.15, 0.2) is 120 Å². The average Bonchev–Trinajstić information content (AvgIpc) is 3.29. The van der Waals surface area contributed by atoms with Crippen molar-refractivity contribution in [3.8, 4) is 11.5 Å². The summed E-state index contributed by atoms with van der Waals surface area (Å²) < 4.78 is 5.99. The minimum Gasteiger partial charge on any atom is -0.457 e. The van der Waals surface area contributed by atoms with E-state index < -0.39 is 0 Å². The maximum Gasteiger partial charge on any atom is 0.158 e. The Morgan fingerprint density at radius 1 is 0.688 bits per heavy atom. The quantitative estimate of drug-likeness (QED) is 0.348. The molecule has 2 unspecified atom stereocenters. The maximum absolute atomic E-state index is 5.99. The Morgan fingerprint density at radius 2 is 1.31 bits per heavy atom. The lowest BCUT2D eigenvalue weighted by atomic mass is 9.95. The van der Waals surface area contributed by atoms with Gasteiger partial charge in [0.15, 0.2) is 5.17 Å². The number of hydrogen-bond donors (Lipinski definition) is 1. The molecule has 1 aliphatic heterocycles.